The predicted molar refractivity (Wildman–Crippen MR) is 81.3 cm³/mol. The van der Waals surface area contributed by atoms with Crippen molar-refractivity contribution in [2.24, 2.45) is 11.3 Å². The number of aromatic nitrogens is 1. The highest BCUT2D eigenvalue weighted by atomic mass is 16.1. The van der Waals surface area contributed by atoms with Crippen LogP contribution >= 0.6 is 0 Å². The minimum absolute atomic E-state index is 0.0994. The molecule has 1 heterocycles. The van der Waals surface area contributed by atoms with Gasteiger partial charge in [0, 0.05) is 12.1 Å². The molecule has 0 bridgehead atoms. The third kappa shape index (κ3) is 4.62. The lowest BCUT2D eigenvalue weighted by Gasteiger charge is -2.21. The second kappa shape index (κ2) is 5.94. The highest BCUT2D eigenvalue weighted by molar-refractivity contribution is 5.76. The molecule has 20 heavy (non-hydrogen) atoms. The summed E-state index contributed by atoms with van der Waals surface area (Å²) in [5.41, 5.74) is 2.22. The van der Waals surface area contributed by atoms with Crippen molar-refractivity contribution in [2.75, 3.05) is 0 Å². The Morgan fingerprint density at radius 2 is 2.10 bits per heavy atom. The number of hydrogen-bond donors (Lipinski definition) is 1. The topological polar surface area (TPSA) is 42.0 Å². The Balaban J connectivity index is 1.98. The van der Waals surface area contributed by atoms with Crippen LogP contribution in [0.3, 0.4) is 0 Å². The van der Waals surface area contributed by atoms with Gasteiger partial charge in [-0.3, -0.25) is 9.78 Å². The summed E-state index contributed by atoms with van der Waals surface area (Å²) in [6.07, 6.45) is 3.90. The molecule has 1 aromatic rings. The molecule has 2 rings (SSSR count). The van der Waals surface area contributed by atoms with Gasteiger partial charge in [0.05, 0.1) is 11.7 Å². The molecule has 0 aliphatic heterocycles. The molecular weight excluding hydrogens is 248 g/mol. The van der Waals surface area contributed by atoms with Crippen LogP contribution in [0.15, 0.2) is 18.2 Å². The number of amides is 1. The van der Waals surface area contributed by atoms with E-state index in [-0.39, 0.29) is 17.4 Å². The average Bonchev–Trinajstić information content (AvgIpc) is 3.17. The lowest BCUT2D eigenvalue weighted by molar-refractivity contribution is -0.122. The Hall–Kier alpha value is -1.38. The minimum Gasteiger partial charge on any atom is -0.347 e. The Morgan fingerprint density at radius 1 is 1.40 bits per heavy atom. The van der Waals surface area contributed by atoms with E-state index in [0.717, 1.165) is 17.8 Å². The molecule has 0 radical (unpaired) electrons. The van der Waals surface area contributed by atoms with E-state index in [4.69, 9.17) is 0 Å². The summed E-state index contributed by atoms with van der Waals surface area (Å²) in [5, 5.41) is 3.19. The maximum absolute atomic E-state index is 12.2. The van der Waals surface area contributed by atoms with E-state index in [1.54, 1.807) is 0 Å². The molecule has 1 N–H and O–H groups in total. The Kier molecular flexibility index (Phi) is 4.46. The maximum atomic E-state index is 12.2. The van der Waals surface area contributed by atoms with E-state index in [2.05, 4.69) is 31.1 Å². The smallest absolute Gasteiger partial charge is 0.220 e. The highest BCUT2D eigenvalue weighted by Crippen LogP contribution is 2.40. The fourth-order valence-corrected chi connectivity index (χ4v) is 2.33. The third-order valence-electron chi connectivity index (χ3n) is 3.74. The summed E-state index contributed by atoms with van der Waals surface area (Å²) in [6, 6.07) is 6.14. The number of pyridine rings is 1. The van der Waals surface area contributed by atoms with Crippen molar-refractivity contribution in [2.45, 2.75) is 59.4 Å². The van der Waals surface area contributed by atoms with Crippen molar-refractivity contribution in [1.82, 2.24) is 10.3 Å². The Morgan fingerprint density at radius 3 is 2.65 bits per heavy atom. The third-order valence-corrected chi connectivity index (χ3v) is 3.74. The van der Waals surface area contributed by atoms with Crippen molar-refractivity contribution in [1.29, 1.82) is 0 Å². The zero-order valence-electron chi connectivity index (χ0n) is 13.1. The Bertz CT molecular complexity index is 472. The normalized spacial score (nSPS) is 16.8. The molecule has 0 spiro atoms. The molecule has 1 amide bonds. The van der Waals surface area contributed by atoms with E-state index < -0.39 is 0 Å². The van der Waals surface area contributed by atoms with Gasteiger partial charge in [-0.2, -0.15) is 0 Å². The number of nitrogens with zero attached hydrogens (tertiary/aromatic N) is 1. The summed E-state index contributed by atoms with van der Waals surface area (Å²) in [4.78, 5) is 16.7. The number of aryl methyl sites for hydroxylation is 1. The molecule has 3 heteroatoms. The summed E-state index contributed by atoms with van der Waals surface area (Å²) < 4.78 is 0. The van der Waals surface area contributed by atoms with Gasteiger partial charge in [0.25, 0.3) is 0 Å². The highest BCUT2D eigenvalue weighted by Gasteiger charge is 2.34. The van der Waals surface area contributed by atoms with Gasteiger partial charge in [-0.05, 0) is 49.7 Å². The first-order valence-electron chi connectivity index (χ1n) is 7.58. The molecule has 1 fully saturated rings. The first kappa shape index (κ1) is 15.0. The molecule has 1 atom stereocenters. The van der Waals surface area contributed by atoms with Crippen molar-refractivity contribution in [3.05, 3.63) is 29.6 Å². The fraction of sp³-hybridized carbons (Fsp3) is 0.647. The van der Waals surface area contributed by atoms with E-state index in [1.807, 2.05) is 25.1 Å². The van der Waals surface area contributed by atoms with Gasteiger partial charge in [0.1, 0.15) is 0 Å². The Labute approximate surface area is 122 Å². The summed E-state index contributed by atoms with van der Waals surface area (Å²) in [7, 11) is 0. The van der Waals surface area contributed by atoms with Crippen LogP contribution in [0, 0.1) is 18.3 Å². The maximum Gasteiger partial charge on any atom is 0.220 e. The second-order valence-electron chi connectivity index (χ2n) is 7.15. The number of hydrogen-bond acceptors (Lipinski definition) is 2. The fourth-order valence-electron chi connectivity index (χ4n) is 2.33. The van der Waals surface area contributed by atoms with E-state index >= 15 is 0 Å². The van der Waals surface area contributed by atoms with Gasteiger partial charge in [-0.25, -0.2) is 0 Å². The molecule has 110 valence electrons. The number of rotatable bonds is 5. The van der Waals surface area contributed by atoms with Crippen LogP contribution in [0.5, 0.6) is 0 Å². The zero-order chi connectivity index (χ0) is 14.8. The van der Waals surface area contributed by atoms with Crippen molar-refractivity contribution in [3.63, 3.8) is 0 Å². The van der Waals surface area contributed by atoms with E-state index in [0.29, 0.717) is 12.3 Å². The van der Waals surface area contributed by atoms with Gasteiger partial charge in [0.2, 0.25) is 5.91 Å². The lowest BCUT2D eigenvalue weighted by Crippen LogP contribution is -2.31. The van der Waals surface area contributed by atoms with Gasteiger partial charge in [0.15, 0.2) is 0 Å². The average molecular weight is 274 g/mol. The van der Waals surface area contributed by atoms with Crippen LogP contribution in [0.1, 0.15) is 63.9 Å². The molecular formula is C17H26N2O. The molecule has 1 aliphatic rings. The van der Waals surface area contributed by atoms with Crippen LogP contribution < -0.4 is 5.32 Å². The quantitative estimate of drug-likeness (QED) is 0.887. The molecule has 0 unspecified atom stereocenters. The summed E-state index contributed by atoms with van der Waals surface area (Å²) in [6.45, 7) is 8.50. The van der Waals surface area contributed by atoms with Gasteiger partial charge in [-0.15, -0.1) is 0 Å². The molecule has 1 aliphatic carbocycles. The van der Waals surface area contributed by atoms with Crippen molar-refractivity contribution in [3.8, 4) is 0 Å². The zero-order valence-corrected chi connectivity index (χ0v) is 13.1. The number of carbonyl (C=O) groups excluding carboxylic acids is 1. The molecule has 3 nitrogen and oxygen atoms in total. The van der Waals surface area contributed by atoms with Gasteiger partial charge in [-0.1, -0.05) is 26.8 Å². The van der Waals surface area contributed by atoms with E-state index in [1.165, 1.54) is 12.8 Å². The van der Waals surface area contributed by atoms with Crippen LogP contribution in [0.2, 0.25) is 0 Å². The predicted octanol–water partition coefficient (Wildman–Crippen LogP) is 3.78. The van der Waals surface area contributed by atoms with Gasteiger partial charge < -0.3 is 5.32 Å². The molecule has 0 aromatic carbocycles. The standard InChI is InChI=1S/C17H26N2O/c1-12-6-5-7-14(18-12)16(13-8-9-13)19-15(20)10-11-17(2,3)4/h5-7,13,16H,8-11H2,1-4H3,(H,19,20)/t16-/m1/s1. The van der Waals surface area contributed by atoms with Crippen LogP contribution in [0.4, 0.5) is 0 Å². The molecule has 0 saturated heterocycles. The first-order valence-corrected chi connectivity index (χ1v) is 7.58. The molecule has 1 saturated carbocycles. The largest absolute Gasteiger partial charge is 0.347 e. The van der Waals surface area contributed by atoms with Crippen LogP contribution in [0.25, 0.3) is 0 Å². The first-order chi connectivity index (χ1) is 9.35. The molecule has 1 aromatic heterocycles. The van der Waals surface area contributed by atoms with Gasteiger partial charge >= 0.3 is 0 Å². The minimum atomic E-state index is 0.0994. The summed E-state index contributed by atoms with van der Waals surface area (Å²) >= 11 is 0. The number of nitrogens with one attached hydrogen (secondary N) is 1. The lowest BCUT2D eigenvalue weighted by atomic mass is 9.90. The van der Waals surface area contributed by atoms with Crippen LogP contribution in [-0.4, -0.2) is 10.9 Å². The van der Waals surface area contributed by atoms with Crippen molar-refractivity contribution < 1.29 is 4.79 Å². The van der Waals surface area contributed by atoms with Crippen LogP contribution in [-0.2, 0) is 4.79 Å². The monoisotopic (exact) mass is 274 g/mol. The van der Waals surface area contributed by atoms with E-state index in [9.17, 15) is 4.79 Å². The van der Waals surface area contributed by atoms with Crippen molar-refractivity contribution >= 4 is 5.91 Å². The summed E-state index contributed by atoms with van der Waals surface area (Å²) in [5.74, 6) is 0.725. The number of carbonyl (C=O) groups is 1. The SMILES string of the molecule is Cc1cccc([C@H](NC(=O)CCC(C)(C)C)C2CC2)n1. The second-order valence-corrected chi connectivity index (χ2v) is 7.15.